The molecule has 41 heavy (non-hydrogen) atoms. The lowest BCUT2D eigenvalue weighted by Gasteiger charge is -2.35. The fourth-order valence-electron chi connectivity index (χ4n) is 6.18. The molecule has 6 rings (SSSR count). The number of rotatable bonds is 5. The van der Waals surface area contributed by atoms with E-state index in [2.05, 4.69) is 23.3 Å². The van der Waals surface area contributed by atoms with Gasteiger partial charge in [0.2, 0.25) is 0 Å². The van der Waals surface area contributed by atoms with Crippen LogP contribution in [0.4, 0.5) is 14.5 Å². The van der Waals surface area contributed by atoms with Gasteiger partial charge in [-0.05, 0) is 90.6 Å². The smallest absolute Gasteiger partial charge is 0.181 e. The van der Waals surface area contributed by atoms with Crippen LogP contribution in [0.5, 0.6) is 0 Å². The molecule has 1 saturated carbocycles. The van der Waals surface area contributed by atoms with Gasteiger partial charge in [0.15, 0.2) is 9.84 Å². The second-order valence-electron chi connectivity index (χ2n) is 11.9. The molecule has 0 unspecified atom stereocenters. The molecule has 0 spiro atoms. The van der Waals surface area contributed by atoms with Crippen LogP contribution in [0.25, 0.3) is 11.1 Å². The summed E-state index contributed by atoms with van der Waals surface area (Å²) in [6, 6.07) is 14.8. The standard InChI is InChI=1S/C31H33F2N3O3S2/c1-31(2)11-9-22(10-12-31)41(38,39)23-5-7-25-24-6-4-21(18-26(24)30(34-37)27(25)19-23)40-36-15-13-35(14-16-36)29-8-3-20(32)17-28(29)33/h3-8,17-19,22,37H,9-16H2,1-2H3/b34-30-. The molecule has 0 amide bonds. The Labute approximate surface area is 244 Å². The summed E-state index contributed by atoms with van der Waals surface area (Å²) in [5.41, 5.74) is 4.08. The molecule has 0 aromatic heterocycles. The maximum absolute atomic E-state index is 14.2. The molecule has 3 aromatic carbocycles. The van der Waals surface area contributed by atoms with E-state index in [-0.39, 0.29) is 10.3 Å². The summed E-state index contributed by atoms with van der Waals surface area (Å²) in [4.78, 5) is 3.15. The summed E-state index contributed by atoms with van der Waals surface area (Å²) in [6.07, 6.45) is 3.08. The van der Waals surface area contributed by atoms with Gasteiger partial charge in [0, 0.05) is 48.3 Å². The lowest BCUT2D eigenvalue weighted by atomic mass is 9.77. The van der Waals surface area contributed by atoms with Crippen LogP contribution in [0.2, 0.25) is 0 Å². The molecular formula is C31H33F2N3O3S2. The molecule has 2 fully saturated rings. The minimum atomic E-state index is -3.50. The Kier molecular flexibility index (Phi) is 7.36. The highest BCUT2D eigenvalue weighted by Crippen LogP contribution is 2.43. The van der Waals surface area contributed by atoms with E-state index in [9.17, 15) is 22.4 Å². The lowest BCUT2D eigenvalue weighted by molar-refractivity contribution is 0.246. The molecule has 3 aliphatic rings. The predicted molar refractivity (Wildman–Crippen MR) is 159 cm³/mol. The van der Waals surface area contributed by atoms with Crippen LogP contribution in [-0.4, -0.2) is 55.1 Å². The Morgan fingerprint density at radius 1 is 0.878 bits per heavy atom. The van der Waals surface area contributed by atoms with Crippen molar-refractivity contribution in [1.29, 1.82) is 0 Å². The first kappa shape index (κ1) is 28.2. The summed E-state index contributed by atoms with van der Waals surface area (Å²) in [5, 5.41) is 13.2. The van der Waals surface area contributed by atoms with Crippen LogP contribution in [0.3, 0.4) is 0 Å². The SMILES string of the molecule is CC1(C)CCC(S(=O)(=O)c2ccc3c(c2)/C(=N\O)c2cc(SN4CCN(c5ccc(F)cc5F)CC4)ccc2-3)CC1. The Morgan fingerprint density at radius 3 is 2.20 bits per heavy atom. The Hall–Kier alpha value is -2.95. The van der Waals surface area contributed by atoms with Crippen molar-refractivity contribution >= 4 is 33.2 Å². The molecule has 1 aliphatic heterocycles. The van der Waals surface area contributed by atoms with Crippen LogP contribution in [-0.2, 0) is 9.84 Å². The molecule has 0 bridgehead atoms. The summed E-state index contributed by atoms with van der Waals surface area (Å²) >= 11 is 1.57. The van der Waals surface area contributed by atoms with E-state index >= 15 is 0 Å². The van der Waals surface area contributed by atoms with E-state index in [0.717, 1.165) is 40.5 Å². The number of sulfone groups is 1. The van der Waals surface area contributed by atoms with Crippen molar-refractivity contribution < 1.29 is 22.4 Å². The highest BCUT2D eigenvalue weighted by atomic mass is 32.2. The maximum atomic E-state index is 14.2. The zero-order chi connectivity index (χ0) is 28.9. The molecule has 1 heterocycles. The molecule has 0 atom stereocenters. The number of hydrogen-bond donors (Lipinski definition) is 1. The molecule has 1 saturated heterocycles. The van der Waals surface area contributed by atoms with Crippen molar-refractivity contribution in [2.24, 2.45) is 10.6 Å². The minimum absolute atomic E-state index is 0.173. The monoisotopic (exact) mass is 597 g/mol. The average Bonchev–Trinajstić information content (AvgIpc) is 3.25. The third-order valence-corrected chi connectivity index (χ3v) is 12.0. The van der Waals surface area contributed by atoms with Crippen molar-refractivity contribution in [3.8, 4) is 11.1 Å². The molecule has 3 aromatic rings. The van der Waals surface area contributed by atoms with Crippen LogP contribution in [0.15, 0.2) is 69.5 Å². The van der Waals surface area contributed by atoms with Gasteiger partial charge in [-0.15, -0.1) is 0 Å². The Balaban J connectivity index is 1.18. The first-order chi connectivity index (χ1) is 19.6. The third-order valence-electron chi connectivity index (χ3n) is 8.66. The van der Waals surface area contributed by atoms with Crippen molar-refractivity contribution in [3.05, 3.63) is 77.4 Å². The number of hydrogen-bond acceptors (Lipinski definition) is 7. The quantitative estimate of drug-likeness (QED) is 0.156. The van der Waals surface area contributed by atoms with Crippen LogP contribution in [0.1, 0.15) is 50.7 Å². The van der Waals surface area contributed by atoms with Gasteiger partial charge in [-0.2, -0.15) is 0 Å². The molecule has 216 valence electrons. The summed E-state index contributed by atoms with van der Waals surface area (Å²) in [7, 11) is -3.50. The number of nitrogens with zero attached hydrogens (tertiary/aromatic N) is 3. The highest BCUT2D eigenvalue weighted by Gasteiger charge is 2.36. The Morgan fingerprint density at radius 2 is 1.54 bits per heavy atom. The number of fused-ring (bicyclic) bond motifs is 3. The van der Waals surface area contributed by atoms with E-state index in [0.29, 0.717) is 56.0 Å². The first-order valence-electron chi connectivity index (χ1n) is 13.9. The number of halogens is 2. The molecule has 1 N–H and O–H groups in total. The molecule has 6 nitrogen and oxygen atoms in total. The predicted octanol–water partition coefficient (Wildman–Crippen LogP) is 6.74. The molecule has 0 radical (unpaired) electrons. The largest absolute Gasteiger partial charge is 0.410 e. The van der Waals surface area contributed by atoms with E-state index in [4.69, 9.17) is 0 Å². The van der Waals surface area contributed by atoms with Gasteiger partial charge in [0.05, 0.1) is 15.8 Å². The van der Waals surface area contributed by atoms with Crippen molar-refractivity contribution in [2.75, 3.05) is 31.1 Å². The molecule has 10 heteroatoms. The van der Waals surface area contributed by atoms with Crippen LogP contribution in [0, 0.1) is 17.0 Å². The summed E-state index contributed by atoms with van der Waals surface area (Å²) in [5.74, 6) is -1.14. The topological polar surface area (TPSA) is 73.2 Å². The van der Waals surface area contributed by atoms with E-state index in [1.165, 1.54) is 12.1 Å². The van der Waals surface area contributed by atoms with Gasteiger partial charge in [0.25, 0.3) is 0 Å². The zero-order valence-corrected chi connectivity index (χ0v) is 24.7. The average molecular weight is 598 g/mol. The van der Waals surface area contributed by atoms with E-state index < -0.39 is 26.7 Å². The second kappa shape index (κ2) is 10.7. The van der Waals surface area contributed by atoms with Crippen molar-refractivity contribution in [3.63, 3.8) is 0 Å². The summed E-state index contributed by atoms with van der Waals surface area (Å²) < 4.78 is 56.8. The van der Waals surface area contributed by atoms with Gasteiger partial charge in [-0.1, -0.05) is 31.1 Å². The number of benzene rings is 3. The minimum Gasteiger partial charge on any atom is -0.410 e. The second-order valence-corrected chi connectivity index (χ2v) is 15.3. The number of oxime groups is 1. The van der Waals surface area contributed by atoms with Gasteiger partial charge in [0.1, 0.15) is 17.3 Å². The van der Waals surface area contributed by atoms with E-state index in [1.54, 1.807) is 24.1 Å². The fourth-order valence-corrected chi connectivity index (χ4v) is 8.90. The maximum Gasteiger partial charge on any atom is 0.181 e. The van der Waals surface area contributed by atoms with Gasteiger partial charge in [-0.3, -0.25) is 0 Å². The van der Waals surface area contributed by atoms with Gasteiger partial charge < -0.3 is 10.1 Å². The van der Waals surface area contributed by atoms with Crippen molar-refractivity contribution in [2.45, 2.75) is 54.6 Å². The van der Waals surface area contributed by atoms with Crippen LogP contribution < -0.4 is 4.90 Å². The third kappa shape index (κ3) is 5.37. The van der Waals surface area contributed by atoms with Gasteiger partial charge in [-0.25, -0.2) is 21.5 Å². The number of piperazine rings is 1. The van der Waals surface area contributed by atoms with Crippen molar-refractivity contribution in [1.82, 2.24) is 4.31 Å². The molecule has 2 aliphatic carbocycles. The number of anilines is 1. The zero-order valence-electron chi connectivity index (χ0n) is 23.1. The Bertz CT molecular complexity index is 1620. The van der Waals surface area contributed by atoms with Gasteiger partial charge >= 0.3 is 0 Å². The fraction of sp³-hybridized carbons (Fsp3) is 0.387. The highest BCUT2D eigenvalue weighted by molar-refractivity contribution is 7.97. The normalized spacial score (nSPS) is 20.3. The van der Waals surface area contributed by atoms with E-state index in [1.807, 2.05) is 29.2 Å². The first-order valence-corrected chi connectivity index (χ1v) is 16.3. The summed E-state index contributed by atoms with van der Waals surface area (Å²) in [6.45, 7) is 6.94. The molecular weight excluding hydrogens is 564 g/mol. The van der Waals surface area contributed by atoms with Crippen LogP contribution >= 0.6 is 11.9 Å². The lowest BCUT2D eigenvalue weighted by Crippen LogP contribution is -2.43.